The standard InChI is InChI=1S/C15H26N6O7S/c1-6(19-13(25)7(16)5-29)12(24)20-8(2-3-10(17)22)14(26)21-9(15(27)28)4-11(18)23/h6-9,29H,2-5,16H2,1H3,(H2,17,22)(H2,18,23)(H,19,25)(H,20,24)(H,21,26)(H,27,28). The molecule has 0 spiro atoms. The Morgan fingerprint density at radius 3 is 1.90 bits per heavy atom. The van der Waals surface area contributed by atoms with Crippen molar-refractivity contribution in [3.8, 4) is 0 Å². The zero-order chi connectivity index (χ0) is 22.7. The first-order valence-corrected chi connectivity index (χ1v) is 9.09. The van der Waals surface area contributed by atoms with E-state index in [9.17, 15) is 28.8 Å². The molecule has 0 aliphatic rings. The number of primary amides is 2. The van der Waals surface area contributed by atoms with Crippen LogP contribution in [0.3, 0.4) is 0 Å². The van der Waals surface area contributed by atoms with Crippen LogP contribution in [0.2, 0.25) is 0 Å². The smallest absolute Gasteiger partial charge is 0.326 e. The molecule has 0 aromatic rings. The van der Waals surface area contributed by atoms with Gasteiger partial charge in [-0.25, -0.2) is 4.79 Å². The summed E-state index contributed by atoms with van der Waals surface area (Å²) in [4.78, 5) is 69.5. The normalized spacial score (nSPS) is 14.6. The van der Waals surface area contributed by atoms with Crippen molar-refractivity contribution in [1.29, 1.82) is 0 Å². The Kier molecular flexibility index (Phi) is 11.3. The summed E-state index contributed by atoms with van der Waals surface area (Å²) in [6.45, 7) is 1.33. The molecule has 5 amide bonds. The molecule has 4 atom stereocenters. The lowest BCUT2D eigenvalue weighted by Crippen LogP contribution is -2.56. The minimum Gasteiger partial charge on any atom is -0.480 e. The average molecular weight is 434 g/mol. The number of aliphatic carboxylic acids is 1. The maximum absolute atomic E-state index is 12.4. The minimum atomic E-state index is -1.63. The van der Waals surface area contributed by atoms with Crippen LogP contribution in [-0.4, -0.2) is 70.5 Å². The average Bonchev–Trinajstić information content (AvgIpc) is 2.62. The highest BCUT2D eigenvalue weighted by Crippen LogP contribution is 2.02. The Hall–Kier alpha value is -2.87. The Labute approximate surface area is 171 Å². The van der Waals surface area contributed by atoms with Gasteiger partial charge in [-0.3, -0.25) is 24.0 Å². The van der Waals surface area contributed by atoms with Crippen LogP contribution in [0.1, 0.15) is 26.2 Å². The van der Waals surface area contributed by atoms with E-state index in [1.54, 1.807) is 0 Å². The number of carboxylic acids is 1. The summed E-state index contributed by atoms with van der Waals surface area (Å²) < 4.78 is 0. The van der Waals surface area contributed by atoms with Crippen molar-refractivity contribution in [3.05, 3.63) is 0 Å². The minimum absolute atomic E-state index is 0.0419. The van der Waals surface area contributed by atoms with Gasteiger partial charge in [-0.2, -0.15) is 12.6 Å². The fourth-order valence-corrected chi connectivity index (χ4v) is 2.16. The summed E-state index contributed by atoms with van der Waals surface area (Å²) in [5.74, 6) is -5.61. The molecule has 164 valence electrons. The third-order valence-corrected chi connectivity index (χ3v) is 4.01. The van der Waals surface area contributed by atoms with Gasteiger partial charge >= 0.3 is 5.97 Å². The lowest BCUT2D eigenvalue weighted by Gasteiger charge is -2.23. The second-order valence-electron chi connectivity index (χ2n) is 6.16. The van der Waals surface area contributed by atoms with Crippen LogP contribution >= 0.6 is 12.6 Å². The maximum atomic E-state index is 12.4. The van der Waals surface area contributed by atoms with Gasteiger partial charge in [0, 0.05) is 12.2 Å². The van der Waals surface area contributed by atoms with E-state index in [1.165, 1.54) is 6.92 Å². The largest absolute Gasteiger partial charge is 0.480 e. The Morgan fingerprint density at radius 1 is 0.897 bits per heavy atom. The van der Waals surface area contributed by atoms with Gasteiger partial charge in [-0.15, -0.1) is 0 Å². The molecule has 0 bridgehead atoms. The van der Waals surface area contributed by atoms with E-state index in [-0.39, 0.29) is 18.6 Å². The molecule has 0 rings (SSSR count). The van der Waals surface area contributed by atoms with Gasteiger partial charge < -0.3 is 38.3 Å². The summed E-state index contributed by atoms with van der Waals surface area (Å²) in [6, 6.07) is -5.04. The maximum Gasteiger partial charge on any atom is 0.326 e. The SMILES string of the molecule is CC(NC(=O)C(N)CS)C(=O)NC(CCC(N)=O)C(=O)NC(CC(N)=O)C(=O)O. The molecule has 0 saturated heterocycles. The number of hydrogen-bond acceptors (Lipinski definition) is 8. The fourth-order valence-electron chi connectivity index (χ4n) is 1.99. The van der Waals surface area contributed by atoms with Crippen LogP contribution in [0.4, 0.5) is 0 Å². The summed E-state index contributed by atoms with van der Waals surface area (Å²) in [7, 11) is 0. The van der Waals surface area contributed by atoms with Crippen molar-refractivity contribution in [2.45, 2.75) is 50.4 Å². The summed E-state index contributed by atoms with van der Waals surface area (Å²) in [5, 5.41) is 15.7. The quantitative estimate of drug-likeness (QED) is 0.132. The van der Waals surface area contributed by atoms with Crippen molar-refractivity contribution < 1.29 is 33.9 Å². The predicted octanol–water partition coefficient (Wildman–Crippen LogP) is -4.06. The molecule has 0 saturated carbocycles. The molecule has 0 aromatic carbocycles. The van der Waals surface area contributed by atoms with Crippen LogP contribution in [0.5, 0.6) is 0 Å². The lowest BCUT2D eigenvalue weighted by molar-refractivity contribution is -0.144. The van der Waals surface area contributed by atoms with E-state index >= 15 is 0 Å². The second kappa shape index (κ2) is 12.6. The predicted molar refractivity (Wildman–Crippen MR) is 103 cm³/mol. The number of rotatable bonds is 13. The molecular formula is C15H26N6O7S. The number of carbonyl (C=O) groups is 6. The third-order valence-electron chi connectivity index (χ3n) is 3.62. The number of carboxylic acid groups (broad SMARTS) is 1. The summed E-state index contributed by atoms with van der Waals surface area (Å²) >= 11 is 3.87. The number of nitrogens with one attached hydrogen (secondary N) is 3. The van der Waals surface area contributed by atoms with Crippen molar-refractivity contribution in [2.24, 2.45) is 17.2 Å². The van der Waals surface area contributed by atoms with E-state index < -0.39 is 66.1 Å². The fraction of sp³-hybridized carbons (Fsp3) is 0.600. The molecule has 0 aliphatic carbocycles. The molecule has 4 unspecified atom stereocenters. The van der Waals surface area contributed by atoms with Gasteiger partial charge in [-0.05, 0) is 13.3 Å². The number of nitrogens with two attached hydrogens (primary N) is 3. The third kappa shape index (κ3) is 10.3. The molecule has 0 heterocycles. The van der Waals surface area contributed by atoms with E-state index in [4.69, 9.17) is 22.3 Å². The van der Waals surface area contributed by atoms with Gasteiger partial charge in [0.15, 0.2) is 0 Å². The molecule has 29 heavy (non-hydrogen) atoms. The van der Waals surface area contributed by atoms with Crippen LogP contribution in [0.15, 0.2) is 0 Å². The second-order valence-corrected chi connectivity index (χ2v) is 6.52. The van der Waals surface area contributed by atoms with Crippen LogP contribution in [0, 0.1) is 0 Å². The van der Waals surface area contributed by atoms with Gasteiger partial charge in [0.1, 0.15) is 18.1 Å². The topological polar surface area (TPSA) is 237 Å². The van der Waals surface area contributed by atoms with Crippen LogP contribution < -0.4 is 33.2 Å². The molecule has 0 fully saturated rings. The first-order chi connectivity index (χ1) is 13.4. The molecule has 10 N–H and O–H groups in total. The number of thiol groups is 1. The van der Waals surface area contributed by atoms with E-state index in [0.29, 0.717) is 0 Å². The summed E-state index contributed by atoms with van der Waals surface area (Å²) in [6.07, 6.45) is -1.21. The van der Waals surface area contributed by atoms with Crippen molar-refractivity contribution in [3.63, 3.8) is 0 Å². The van der Waals surface area contributed by atoms with E-state index in [0.717, 1.165) is 0 Å². The zero-order valence-corrected chi connectivity index (χ0v) is 16.6. The Balaban J connectivity index is 5.19. The van der Waals surface area contributed by atoms with Crippen molar-refractivity contribution >= 4 is 48.1 Å². The first kappa shape index (κ1) is 26.1. The van der Waals surface area contributed by atoms with Crippen molar-refractivity contribution in [1.82, 2.24) is 16.0 Å². The monoisotopic (exact) mass is 434 g/mol. The zero-order valence-electron chi connectivity index (χ0n) is 15.7. The highest BCUT2D eigenvalue weighted by molar-refractivity contribution is 7.80. The number of carbonyl (C=O) groups excluding carboxylic acids is 5. The molecular weight excluding hydrogens is 408 g/mol. The molecule has 0 aromatic heterocycles. The van der Waals surface area contributed by atoms with Gasteiger partial charge in [0.25, 0.3) is 0 Å². The van der Waals surface area contributed by atoms with E-state index in [1.807, 2.05) is 0 Å². The molecule has 0 radical (unpaired) electrons. The molecule has 13 nitrogen and oxygen atoms in total. The molecule has 14 heteroatoms. The van der Waals surface area contributed by atoms with Crippen molar-refractivity contribution in [2.75, 3.05) is 5.75 Å². The van der Waals surface area contributed by atoms with E-state index in [2.05, 4.69) is 28.6 Å². The van der Waals surface area contributed by atoms with Gasteiger partial charge in [-0.1, -0.05) is 0 Å². The van der Waals surface area contributed by atoms with Crippen LogP contribution in [-0.2, 0) is 28.8 Å². The van der Waals surface area contributed by atoms with Gasteiger partial charge in [0.2, 0.25) is 29.5 Å². The van der Waals surface area contributed by atoms with Crippen LogP contribution in [0.25, 0.3) is 0 Å². The first-order valence-electron chi connectivity index (χ1n) is 8.46. The highest BCUT2D eigenvalue weighted by Gasteiger charge is 2.29. The summed E-state index contributed by atoms with van der Waals surface area (Å²) in [5.41, 5.74) is 15.5. The Morgan fingerprint density at radius 2 is 1.45 bits per heavy atom. The number of hydrogen-bond donors (Lipinski definition) is 8. The number of amides is 5. The highest BCUT2D eigenvalue weighted by atomic mass is 32.1. The Bertz CT molecular complexity index is 659. The lowest BCUT2D eigenvalue weighted by atomic mass is 10.1. The van der Waals surface area contributed by atoms with Gasteiger partial charge in [0.05, 0.1) is 12.5 Å². The molecule has 0 aliphatic heterocycles.